The monoisotopic (exact) mass is 706 g/mol. The second-order valence-electron chi connectivity index (χ2n) is 13.3. The number of para-hydroxylation sites is 1. The van der Waals surface area contributed by atoms with Crippen LogP contribution in [0.5, 0.6) is 0 Å². The number of aromatic amines is 1. The van der Waals surface area contributed by atoms with Crippen molar-refractivity contribution in [2.75, 3.05) is 6.54 Å². The lowest BCUT2D eigenvalue weighted by atomic mass is 10.0. The molecule has 0 radical (unpaired) electrons. The van der Waals surface area contributed by atoms with Gasteiger partial charge in [0.15, 0.2) is 6.04 Å². The maximum absolute atomic E-state index is 14.2. The second-order valence-corrected chi connectivity index (χ2v) is 13.3. The first-order chi connectivity index (χ1) is 25.1. The number of carbonyl (C=O) groups is 6. The molecule has 6 rings (SSSR count). The zero-order valence-electron chi connectivity index (χ0n) is 29.0. The number of cyclic esters (lactones) is 1. The van der Waals surface area contributed by atoms with Crippen LogP contribution in [0.4, 0.5) is 0 Å². The highest BCUT2D eigenvalue weighted by Gasteiger charge is 2.41. The van der Waals surface area contributed by atoms with E-state index in [1.54, 1.807) is 66.9 Å². The Balaban J connectivity index is 1.37. The third kappa shape index (κ3) is 8.14. The molecule has 2 fully saturated rings. The summed E-state index contributed by atoms with van der Waals surface area (Å²) < 4.78 is 5.92. The van der Waals surface area contributed by atoms with Crippen molar-refractivity contribution in [1.82, 2.24) is 31.2 Å². The van der Waals surface area contributed by atoms with Crippen molar-refractivity contribution in [3.05, 3.63) is 108 Å². The molecule has 1 aromatic heterocycles. The van der Waals surface area contributed by atoms with Gasteiger partial charge >= 0.3 is 5.97 Å². The zero-order chi connectivity index (χ0) is 36.8. The predicted octanol–water partition coefficient (Wildman–Crippen LogP) is 2.22. The minimum absolute atomic E-state index is 0.0647. The first-order valence-corrected chi connectivity index (χ1v) is 17.4. The van der Waals surface area contributed by atoms with Gasteiger partial charge in [0, 0.05) is 35.6 Å². The quantitative estimate of drug-likeness (QED) is 0.191. The molecular weight excluding hydrogens is 664 g/mol. The van der Waals surface area contributed by atoms with Crippen LogP contribution in [0.25, 0.3) is 10.9 Å². The number of carbonyl (C=O) groups excluding carboxylic acids is 6. The number of amides is 5. The number of hydrogen-bond acceptors (Lipinski definition) is 7. The van der Waals surface area contributed by atoms with E-state index in [0.29, 0.717) is 29.4 Å². The Bertz CT molecular complexity index is 1950. The normalized spacial score (nSPS) is 24.7. The fourth-order valence-corrected chi connectivity index (χ4v) is 6.80. The van der Waals surface area contributed by atoms with Crippen LogP contribution in [0.15, 0.2) is 91.1 Å². The van der Waals surface area contributed by atoms with Crippen molar-refractivity contribution in [3.8, 4) is 0 Å². The molecule has 13 heteroatoms. The van der Waals surface area contributed by atoms with E-state index in [0.717, 1.165) is 11.1 Å². The highest BCUT2D eigenvalue weighted by molar-refractivity contribution is 5.98. The first kappa shape index (κ1) is 35.8. The van der Waals surface area contributed by atoms with E-state index in [-0.39, 0.29) is 19.4 Å². The van der Waals surface area contributed by atoms with Gasteiger partial charge in [0.1, 0.15) is 30.3 Å². The molecule has 0 bridgehead atoms. The molecule has 3 heterocycles. The third-order valence-electron chi connectivity index (χ3n) is 9.52. The molecule has 13 nitrogen and oxygen atoms in total. The van der Waals surface area contributed by atoms with Gasteiger partial charge in [-0.1, -0.05) is 78.9 Å². The summed E-state index contributed by atoms with van der Waals surface area (Å²) in [6, 6.07) is 19.3. The van der Waals surface area contributed by atoms with Gasteiger partial charge in [0.05, 0.1) is 6.42 Å². The molecule has 3 aromatic carbocycles. The number of aromatic nitrogens is 1. The number of ether oxygens (including phenoxy) is 1. The van der Waals surface area contributed by atoms with E-state index in [1.807, 2.05) is 24.3 Å². The molecule has 52 heavy (non-hydrogen) atoms. The van der Waals surface area contributed by atoms with Gasteiger partial charge in [-0.15, -0.1) is 0 Å². The predicted molar refractivity (Wildman–Crippen MR) is 191 cm³/mol. The molecule has 0 aliphatic carbocycles. The summed E-state index contributed by atoms with van der Waals surface area (Å²) in [5, 5.41) is 11.7. The lowest BCUT2D eigenvalue weighted by molar-refractivity contribution is -0.156. The Morgan fingerprint density at radius 2 is 1.48 bits per heavy atom. The van der Waals surface area contributed by atoms with Crippen LogP contribution in [0, 0.1) is 0 Å². The summed E-state index contributed by atoms with van der Waals surface area (Å²) in [4.78, 5) is 87.7. The fourth-order valence-electron chi connectivity index (χ4n) is 6.80. The zero-order valence-corrected chi connectivity index (χ0v) is 29.0. The van der Waals surface area contributed by atoms with Gasteiger partial charge in [0.25, 0.3) is 0 Å². The topological polar surface area (TPSA) is 179 Å². The van der Waals surface area contributed by atoms with Crippen LogP contribution in [0.1, 0.15) is 49.4 Å². The summed E-state index contributed by atoms with van der Waals surface area (Å²) in [7, 11) is 0. The van der Waals surface area contributed by atoms with E-state index >= 15 is 0 Å². The molecule has 2 aliphatic rings. The third-order valence-corrected chi connectivity index (χ3v) is 9.52. The average molecular weight is 707 g/mol. The molecule has 5 N–H and O–H groups in total. The van der Waals surface area contributed by atoms with Gasteiger partial charge in [-0.05, 0) is 43.9 Å². The summed E-state index contributed by atoms with van der Waals surface area (Å²) in [6.45, 7) is 3.28. The molecular formula is C39H42N6O7. The van der Waals surface area contributed by atoms with E-state index < -0.39 is 71.8 Å². The number of nitrogens with zero attached hydrogens (tertiary/aromatic N) is 1. The fraction of sp³-hybridized carbons (Fsp3) is 0.333. The Morgan fingerprint density at radius 3 is 2.21 bits per heavy atom. The van der Waals surface area contributed by atoms with E-state index in [4.69, 9.17) is 4.74 Å². The van der Waals surface area contributed by atoms with Crippen LogP contribution in [0.3, 0.4) is 0 Å². The Hall–Kier alpha value is -5.98. The summed E-state index contributed by atoms with van der Waals surface area (Å²) in [5.74, 6) is -3.86. The summed E-state index contributed by atoms with van der Waals surface area (Å²) in [5.41, 5.74) is 2.58. The van der Waals surface area contributed by atoms with Crippen LogP contribution in [0.2, 0.25) is 0 Å². The molecule has 270 valence electrons. The number of hydrogen-bond donors (Lipinski definition) is 5. The Morgan fingerprint density at radius 1 is 0.808 bits per heavy atom. The van der Waals surface area contributed by atoms with Crippen molar-refractivity contribution in [1.29, 1.82) is 0 Å². The Labute approximate surface area is 300 Å². The minimum Gasteiger partial charge on any atom is -0.458 e. The number of fused-ring (bicyclic) bond motifs is 2. The summed E-state index contributed by atoms with van der Waals surface area (Å²) >= 11 is 0. The lowest BCUT2D eigenvalue weighted by Gasteiger charge is -2.31. The molecule has 2 saturated heterocycles. The maximum Gasteiger partial charge on any atom is 0.333 e. The number of esters is 1. The van der Waals surface area contributed by atoms with Crippen molar-refractivity contribution >= 4 is 46.4 Å². The van der Waals surface area contributed by atoms with E-state index in [2.05, 4.69) is 26.3 Å². The molecule has 6 atom stereocenters. The van der Waals surface area contributed by atoms with Crippen LogP contribution >= 0.6 is 0 Å². The van der Waals surface area contributed by atoms with Crippen LogP contribution in [-0.2, 0) is 46.3 Å². The SMILES string of the molecule is C[C@@H]1OC(=O)[C@H](c2c[nH]c3ccccc23)NC(=O)C2CCCN2C(=O)[C@@H](C)NC(=O)[C@@H](Cc2ccccc2)NC(=O)[C@H]1NC(=O)Cc1ccccc1. The second kappa shape index (κ2) is 15.9. The average Bonchev–Trinajstić information content (AvgIpc) is 3.81. The van der Waals surface area contributed by atoms with Crippen LogP contribution < -0.4 is 21.3 Å². The molecule has 0 saturated carbocycles. The van der Waals surface area contributed by atoms with Gasteiger partial charge in [-0.3, -0.25) is 24.0 Å². The van der Waals surface area contributed by atoms with Crippen molar-refractivity contribution < 1.29 is 33.5 Å². The van der Waals surface area contributed by atoms with E-state index in [1.165, 1.54) is 18.7 Å². The number of nitrogens with one attached hydrogen (secondary N) is 5. The molecule has 1 unspecified atom stereocenters. The largest absolute Gasteiger partial charge is 0.458 e. The molecule has 5 amide bonds. The van der Waals surface area contributed by atoms with E-state index in [9.17, 15) is 28.8 Å². The van der Waals surface area contributed by atoms with Gasteiger partial charge in [-0.25, -0.2) is 4.79 Å². The molecule has 0 spiro atoms. The standard InChI is InChI=1S/C39H42N6O7/c1-23-38(50)45-19-11-18-31(45)36(48)44-34(28-22-40-29-17-10-9-16-27(28)29)39(51)52-24(2)33(43-32(46)21-26-14-7-4-8-15-26)37(49)42-30(35(47)41-23)20-25-12-5-3-6-13-25/h3-10,12-17,22-24,30-31,33-34,40H,11,18-21H2,1-2H3,(H,41,47)(H,42,49)(H,43,46)(H,44,48)/t23-,24+,30-,31?,33+,34+/m1/s1. The lowest BCUT2D eigenvalue weighted by Crippen LogP contribution is -2.60. The van der Waals surface area contributed by atoms with Crippen LogP contribution in [-0.4, -0.2) is 82.2 Å². The maximum atomic E-state index is 14.2. The molecule has 4 aromatic rings. The molecule has 2 aliphatic heterocycles. The van der Waals surface area contributed by atoms with Crippen molar-refractivity contribution in [2.24, 2.45) is 0 Å². The van der Waals surface area contributed by atoms with Gasteiger partial charge < -0.3 is 35.9 Å². The highest BCUT2D eigenvalue weighted by atomic mass is 16.5. The van der Waals surface area contributed by atoms with Gasteiger partial charge in [-0.2, -0.15) is 0 Å². The van der Waals surface area contributed by atoms with Crippen molar-refractivity contribution in [2.45, 2.75) is 75.8 Å². The van der Waals surface area contributed by atoms with Gasteiger partial charge in [0.2, 0.25) is 29.5 Å². The smallest absolute Gasteiger partial charge is 0.333 e. The number of benzene rings is 3. The first-order valence-electron chi connectivity index (χ1n) is 17.4. The number of H-pyrrole nitrogens is 1. The minimum atomic E-state index is -1.44. The van der Waals surface area contributed by atoms with Crippen molar-refractivity contribution in [3.63, 3.8) is 0 Å². The highest BCUT2D eigenvalue weighted by Crippen LogP contribution is 2.27. The Kier molecular flexibility index (Phi) is 11.0. The number of rotatable bonds is 6. The summed E-state index contributed by atoms with van der Waals surface area (Å²) in [6.07, 6.45) is 1.25.